The van der Waals surface area contributed by atoms with Crippen LogP contribution in [-0.2, 0) is 0 Å². The monoisotopic (exact) mass is 382 g/mol. The van der Waals surface area contributed by atoms with E-state index in [1.807, 2.05) is 4.90 Å². The predicted molar refractivity (Wildman–Crippen MR) is 108 cm³/mol. The first-order valence-electron chi connectivity index (χ1n) is 9.44. The molecule has 6 nitrogen and oxygen atoms in total. The predicted octanol–water partition coefficient (Wildman–Crippen LogP) is 3.83. The van der Waals surface area contributed by atoms with Gasteiger partial charge < -0.3 is 19.7 Å². The average Bonchev–Trinajstić information content (AvgIpc) is 2.73. The van der Waals surface area contributed by atoms with Gasteiger partial charge in [0.15, 0.2) is 11.5 Å². The number of hydrogen-bond donors (Lipinski definition) is 1. The quantitative estimate of drug-likeness (QED) is 0.853. The summed E-state index contributed by atoms with van der Waals surface area (Å²) in [5.41, 5.74) is 1.61. The van der Waals surface area contributed by atoms with Gasteiger partial charge in [0, 0.05) is 29.9 Å². The van der Waals surface area contributed by atoms with Gasteiger partial charge in [0.2, 0.25) is 0 Å². The minimum Gasteiger partial charge on any atom is -0.493 e. The van der Waals surface area contributed by atoms with Crippen molar-refractivity contribution in [1.82, 2.24) is 4.90 Å². The van der Waals surface area contributed by atoms with Crippen molar-refractivity contribution < 1.29 is 19.1 Å². The van der Waals surface area contributed by atoms with Crippen LogP contribution in [0, 0.1) is 5.92 Å². The summed E-state index contributed by atoms with van der Waals surface area (Å²) in [4.78, 5) is 27.2. The Morgan fingerprint density at radius 1 is 0.964 bits per heavy atom. The number of likely N-dealkylation sites (tertiary alicyclic amines) is 1. The number of piperidine rings is 1. The highest BCUT2D eigenvalue weighted by atomic mass is 16.5. The van der Waals surface area contributed by atoms with E-state index in [-0.39, 0.29) is 11.8 Å². The van der Waals surface area contributed by atoms with Crippen molar-refractivity contribution in [3.05, 3.63) is 53.6 Å². The summed E-state index contributed by atoms with van der Waals surface area (Å²) in [6.07, 6.45) is 2.06. The van der Waals surface area contributed by atoms with Crippen molar-refractivity contribution in [2.45, 2.75) is 19.8 Å². The highest BCUT2D eigenvalue weighted by Crippen LogP contribution is 2.28. The number of hydrogen-bond acceptors (Lipinski definition) is 4. The van der Waals surface area contributed by atoms with Crippen molar-refractivity contribution in [2.24, 2.45) is 5.92 Å². The second-order valence-corrected chi connectivity index (χ2v) is 7.08. The first-order chi connectivity index (χ1) is 13.5. The van der Waals surface area contributed by atoms with Crippen LogP contribution in [-0.4, -0.2) is 44.0 Å². The van der Waals surface area contributed by atoms with E-state index < -0.39 is 0 Å². The minimum absolute atomic E-state index is 0.00844. The molecule has 0 radical (unpaired) electrons. The van der Waals surface area contributed by atoms with Gasteiger partial charge in [-0.3, -0.25) is 9.59 Å². The van der Waals surface area contributed by atoms with Crippen LogP contribution in [0.3, 0.4) is 0 Å². The molecule has 6 heteroatoms. The van der Waals surface area contributed by atoms with Gasteiger partial charge in [-0.15, -0.1) is 0 Å². The summed E-state index contributed by atoms with van der Waals surface area (Å²) in [5.74, 6) is 1.43. The second kappa shape index (κ2) is 8.78. The second-order valence-electron chi connectivity index (χ2n) is 7.08. The van der Waals surface area contributed by atoms with E-state index in [1.165, 1.54) is 7.11 Å². The molecule has 28 heavy (non-hydrogen) atoms. The van der Waals surface area contributed by atoms with E-state index in [9.17, 15) is 9.59 Å². The number of amides is 2. The number of ether oxygens (including phenoxy) is 2. The molecule has 1 aliphatic rings. The summed E-state index contributed by atoms with van der Waals surface area (Å²) in [5, 5.41) is 2.85. The fourth-order valence-corrected chi connectivity index (χ4v) is 3.30. The number of rotatable bonds is 5. The lowest BCUT2D eigenvalue weighted by molar-refractivity contribution is 0.0697. The number of benzene rings is 2. The van der Waals surface area contributed by atoms with Crippen LogP contribution < -0.4 is 14.8 Å². The molecule has 2 aromatic carbocycles. The van der Waals surface area contributed by atoms with E-state index in [2.05, 4.69) is 12.2 Å². The first-order valence-corrected chi connectivity index (χ1v) is 9.44. The van der Waals surface area contributed by atoms with Crippen molar-refractivity contribution in [3.8, 4) is 11.5 Å². The Balaban J connectivity index is 1.72. The number of nitrogens with zero attached hydrogens (tertiary/aromatic N) is 1. The van der Waals surface area contributed by atoms with Crippen LogP contribution in [0.2, 0.25) is 0 Å². The van der Waals surface area contributed by atoms with Crippen LogP contribution in [0.5, 0.6) is 11.5 Å². The average molecular weight is 382 g/mol. The molecule has 0 aliphatic carbocycles. The summed E-state index contributed by atoms with van der Waals surface area (Å²) in [6, 6.07) is 12.0. The van der Waals surface area contributed by atoms with Gasteiger partial charge in [0.05, 0.1) is 14.2 Å². The lowest BCUT2D eigenvalue weighted by Crippen LogP contribution is -2.37. The molecule has 0 unspecified atom stereocenters. The van der Waals surface area contributed by atoms with Crippen molar-refractivity contribution >= 4 is 17.5 Å². The van der Waals surface area contributed by atoms with E-state index >= 15 is 0 Å². The van der Waals surface area contributed by atoms with E-state index in [0.717, 1.165) is 25.9 Å². The fraction of sp³-hybridized carbons (Fsp3) is 0.364. The lowest BCUT2D eigenvalue weighted by Gasteiger charge is -2.30. The number of methoxy groups -OCH3 is 2. The van der Waals surface area contributed by atoms with Crippen LogP contribution in [0.4, 0.5) is 5.69 Å². The molecule has 2 aromatic rings. The summed E-state index contributed by atoms with van der Waals surface area (Å²) in [6.45, 7) is 3.77. The normalized spacial score (nSPS) is 14.5. The molecule has 0 saturated carbocycles. The zero-order valence-electron chi connectivity index (χ0n) is 16.5. The summed E-state index contributed by atoms with van der Waals surface area (Å²) >= 11 is 0. The fourth-order valence-electron chi connectivity index (χ4n) is 3.30. The van der Waals surface area contributed by atoms with Gasteiger partial charge in [-0.25, -0.2) is 0 Å². The maximum Gasteiger partial charge on any atom is 0.255 e. The van der Waals surface area contributed by atoms with Gasteiger partial charge in [-0.05, 0) is 55.2 Å². The largest absolute Gasteiger partial charge is 0.493 e. The van der Waals surface area contributed by atoms with Crippen molar-refractivity contribution in [3.63, 3.8) is 0 Å². The maximum atomic E-state index is 12.8. The number of anilines is 1. The minimum atomic E-state index is -0.280. The van der Waals surface area contributed by atoms with Gasteiger partial charge in [0.25, 0.3) is 11.8 Å². The SMILES string of the molecule is COc1ccc(C(=O)Nc2cccc(C(=O)N3CCC(C)CC3)c2)cc1OC. The highest BCUT2D eigenvalue weighted by molar-refractivity contribution is 6.05. The zero-order valence-corrected chi connectivity index (χ0v) is 16.5. The van der Waals surface area contributed by atoms with Gasteiger partial charge in [0.1, 0.15) is 0 Å². The number of carbonyl (C=O) groups is 2. The highest BCUT2D eigenvalue weighted by Gasteiger charge is 2.21. The third-order valence-corrected chi connectivity index (χ3v) is 5.08. The Morgan fingerprint density at radius 2 is 1.68 bits per heavy atom. The molecule has 148 valence electrons. The Morgan fingerprint density at radius 3 is 2.36 bits per heavy atom. The van der Waals surface area contributed by atoms with E-state index in [4.69, 9.17) is 9.47 Å². The van der Waals surface area contributed by atoms with Crippen LogP contribution >= 0.6 is 0 Å². The molecule has 1 aliphatic heterocycles. The Labute approximate surface area is 165 Å². The Hall–Kier alpha value is -3.02. The molecule has 0 atom stereocenters. The van der Waals surface area contributed by atoms with Gasteiger partial charge in [-0.2, -0.15) is 0 Å². The number of carbonyl (C=O) groups excluding carboxylic acids is 2. The molecule has 1 saturated heterocycles. The maximum absolute atomic E-state index is 12.8. The third kappa shape index (κ3) is 4.44. The topological polar surface area (TPSA) is 67.9 Å². The Kier molecular flexibility index (Phi) is 6.19. The molecule has 2 amide bonds. The standard InChI is InChI=1S/C22H26N2O4/c1-15-9-11-24(12-10-15)22(26)17-5-4-6-18(13-17)23-21(25)16-7-8-19(27-2)20(14-16)28-3/h4-8,13-15H,9-12H2,1-3H3,(H,23,25). The van der Waals surface area contributed by atoms with E-state index in [1.54, 1.807) is 49.6 Å². The molecule has 1 heterocycles. The molecule has 0 bridgehead atoms. The van der Waals surface area contributed by atoms with Crippen LogP contribution in [0.1, 0.15) is 40.5 Å². The molecular weight excluding hydrogens is 356 g/mol. The van der Waals surface area contributed by atoms with E-state index in [0.29, 0.717) is 34.2 Å². The van der Waals surface area contributed by atoms with Crippen LogP contribution in [0.15, 0.2) is 42.5 Å². The lowest BCUT2D eigenvalue weighted by atomic mass is 9.98. The third-order valence-electron chi connectivity index (χ3n) is 5.08. The summed E-state index contributed by atoms with van der Waals surface area (Å²) < 4.78 is 10.4. The summed E-state index contributed by atoms with van der Waals surface area (Å²) in [7, 11) is 3.07. The molecule has 1 N–H and O–H groups in total. The van der Waals surface area contributed by atoms with Crippen molar-refractivity contribution in [1.29, 1.82) is 0 Å². The Bertz CT molecular complexity index is 857. The smallest absolute Gasteiger partial charge is 0.255 e. The molecule has 0 aromatic heterocycles. The van der Waals surface area contributed by atoms with Gasteiger partial charge in [-0.1, -0.05) is 13.0 Å². The van der Waals surface area contributed by atoms with Crippen LogP contribution in [0.25, 0.3) is 0 Å². The molecule has 1 fully saturated rings. The molecular formula is C22H26N2O4. The molecule has 3 rings (SSSR count). The van der Waals surface area contributed by atoms with Gasteiger partial charge >= 0.3 is 0 Å². The molecule has 0 spiro atoms. The number of nitrogens with one attached hydrogen (secondary N) is 1. The van der Waals surface area contributed by atoms with Crippen molar-refractivity contribution in [2.75, 3.05) is 32.6 Å². The first kappa shape index (κ1) is 19.7. The zero-order chi connectivity index (χ0) is 20.1.